The maximum absolute atomic E-state index is 13.8. The van der Waals surface area contributed by atoms with Crippen molar-refractivity contribution < 1.29 is 58.6 Å². The van der Waals surface area contributed by atoms with Gasteiger partial charge in [-0.15, -0.1) is 0 Å². The van der Waals surface area contributed by atoms with Gasteiger partial charge in [0.25, 0.3) is 0 Å². The molecule has 0 spiro atoms. The van der Waals surface area contributed by atoms with E-state index in [1.807, 2.05) is 0 Å². The number of carbonyl (C=O) groups excluding carboxylic acids is 2. The first-order valence-corrected chi connectivity index (χ1v) is 13.1. The fraction of sp³-hybridized carbons (Fsp3) is 0.500. The van der Waals surface area contributed by atoms with E-state index in [2.05, 4.69) is 0 Å². The van der Waals surface area contributed by atoms with Crippen LogP contribution in [0.5, 0.6) is 0 Å². The highest BCUT2D eigenvalue weighted by atomic mass is 19.4. The Balaban J connectivity index is 1.87. The third-order valence-electron chi connectivity index (χ3n) is 7.26. The summed E-state index contributed by atoms with van der Waals surface area (Å²) in [4.78, 5) is 28.2. The number of amides is 2. The quantitative estimate of drug-likeness (QED) is 0.312. The van der Waals surface area contributed by atoms with Crippen molar-refractivity contribution in [2.45, 2.75) is 76.4 Å². The maximum Gasteiger partial charge on any atom is 0.416 e. The van der Waals surface area contributed by atoms with E-state index >= 15 is 0 Å². The SMILES string of the molecule is COC(=O)N(Cc1cc(C(F)(F)F)cc(C(F)(F)F)c1)C1CC(C2CC2)N(C(=O)OC(C)C)c2cc(C(F)(F)F)ccc21. The molecule has 0 aromatic heterocycles. The number of hydrogen-bond acceptors (Lipinski definition) is 4. The second kappa shape index (κ2) is 11.5. The van der Waals surface area contributed by atoms with E-state index in [1.165, 1.54) is 0 Å². The van der Waals surface area contributed by atoms with E-state index in [4.69, 9.17) is 9.47 Å². The van der Waals surface area contributed by atoms with E-state index in [0.29, 0.717) is 25.0 Å². The summed E-state index contributed by atoms with van der Waals surface area (Å²) in [6.45, 7) is 2.29. The minimum atomic E-state index is -5.15. The lowest BCUT2D eigenvalue weighted by atomic mass is 9.87. The summed E-state index contributed by atoms with van der Waals surface area (Å²) in [6.07, 6.45) is -16.7. The standard InChI is InChI=1S/C28H27F9N2O4/c1-14(2)43-25(41)39-21(16-4-5-16)12-22(20-7-6-17(11-23(20)39)26(29,30)31)38(24(40)42-3)13-15-8-18(27(32,33)34)10-19(9-15)28(35,36)37/h6-11,14,16,21-22H,4-5,12-13H2,1-3H3. The lowest BCUT2D eigenvalue weighted by Crippen LogP contribution is -2.50. The molecule has 236 valence electrons. The molecule has 0 bridgehead atoms. The Bertz CT molecular complexity index is 1340. The molecule has 2 amide bonds. The zero-order valence-electron chi connectivity index (χ0n) is 23.0. The van der Waals surface area contributed by atoms with E-state index in [1.54, 1.807) is 13.8 Å². The van der Waals surface area contributed by atoms with E-state index < -0.39 is 77.7 Å². The Labute approximate surface area is 240 Å². The molecule has 1 aliphatic carbocycles. The van der Waals surface area contributed by atoms with Gasteiger partial charge in [-0.2, -0.15) is 39.5 Å². The van der Waals surface area contributed by atoms with Crippen molar-refractivity contribution in [3.8, 4) is 0 Å². The number of methoxy groups -OCH3 is 1. The molecule has 1 fully saturated rings. The molecule has 2 unspecified atom stereocenters. The number of hydrogen-bond donors (Lipinski definition) is 0. The molecule has 1 aliphatic heterocycles. The van der Waals surface area contributed by atoms with Crippen molar-refractivity contribution in [3.63, 3.8) is 0 Å². The summed E-state index contributed by atoms with van der Waals surface area (Å²) in [5.41, 5.74) is -5.06. The normalized spacial score (nSPS) is 19.2. The number of fused-ring (bicyclic) bond motifs is 1. The van der Waals surface area contributed by atoms with Gasteiger partial charge >= 0.3 is 30.7 Å². The minimum Gasteiger partial charge on any atom is -0.453 e. The number of alkyl halides is 9. The molecule has 43 heavy (non-hydrogen) atoms. The van der Waals surface area contributed by atoms with Gasteiger partial charge in [-0.3, -0.25) is 9.80 Å². The molecular weight excluding hydrogens is 599 g/mol. The molecule has 2 atom stereocenters. The largest absolute Gasteiger partial charge is 0.453 e. The summed E-state index contributed by atoms with van der Waals surface area (Å²) < 4.78 is 133. The summed E-state index contributed by atoms with van der Waals surface area (Å²) >= 11 is 0. The first-order valence-electron chi connectivity index (χ1n) is 13.1. The number of anilines is 1. The first-order chi connectivity index (χ1) is 19.8. The number of carbonyl (C=O) groups is 2. The van der Waals surface area contributed by atoms with Crippen LogP contribution >= 0.6 is 0 Å². The Kier molecular flexibility index (Phi) is 8.59. The Morgan fingerprint density at radius 2 is 1.44 bits per heavy atom. The van der Waals surface area contributed by atoms with Gasteiger partial charge in [-0.25, -0.2) is 9.59 Å². The zero-order valence-corrected chi connectivity index (χ0v) is 23.0. The Morgan fingerprint density at radius 3 is 1.91 bits per heavy atom. The third-order valence-corrected chi connectivity index (χ3v) is 7.26. The molecule has 0 radical (unpaired) electrons. The predicted molar refractivity (Wildman–Crippen MR) is 134 cm³/mol. The van der Waals surface area contributed by atoms with Crippen LogP contribution in [0, 0.1) is 5.92 Å². The van der Waals surface area contributed by atoms with Gasteiger partial charge in [0.1, 0.15) is 0 Å². The van der Waals surface area contributed by atoms with Gasteiger partial charge < -0.3 is 9.47 Å². The highest BCUT2D eigenvalue weighted by molar-refractivity contribution is 5.91. The van der Waals surface area contributed by atoms with Crippen LogP contribution in [0.15, 0.2) is 36.4 Å². The molecule has 4 rings (SSSR count). The first kappa shape index (κ1) is 32.3. The Morgan fingerprint density at radius 1 is 0.884 bits per heavy atom. The second-order valence-electron chi connectivity index (χ2n) is 10.7. The molecule has 2 aromatic carbocycles. The number of halogens is 9. The van der Waals surface area contributed by atoms with Crippen LogP contribution in [0.4, 0.5) is 54.8 Å². The molecule has 2 aromatic rings. The van der Waals surface area contributed by atoms with Crippen LogP contribution in [0.1, 0.15) is 67.0 Å². The highest BCUT2D eigenvalue weighted by Crippen LogP contribution is 2.50. The molecule has 0 saturated heterocycles. The lowest BCUT2D eigenvalue weighted by Gasteiger charge is -2.44. The number of ether oxygens (including phenoxy) is 2. The topological polar surface area (TPSA) is 59.1 Å². The fourth-order valence-electron chi connectivity index (χ4n) is 5.25. The van der Waals surface area contributed by atoms with Gasteiger partial charge in [-0.05, 0) is 80.5 Å². The molecule has 0 N–H and O–H groups in total. The van der Waals surface area contributed by atoms with Crippen molar-refractivity contribution in [2.75, 3.05) is 12.0 Å². The van der Waals surface area contributed by atoms with Crippen molar-refractivity contribution >= 4 is 17.9 Å². The number of rotatable bonds is 5. The second-order valence-corrected chi connectivity index (χ2v) is 10.7. The average Bonchev–Trinajstić information content (AvgIpc) is 3.73. The lowest BCUT2D eigenvalue weighted by molar-refractivity contribution is -0.143. The summed E-state index contributed by atoms with van der Waals surface area (Å²) in [5, 5.41) is 0. The van der Waals surface area contributed by atoms with E-state index in [9.17, 15) is 49.1 Å². The molecule has 1 saturated carbocycles. The van der Waals surface area contributed by atoms with Gasteiger partial charge in [0.05, 0.1) is 41.6 Å². The molecular formula is C28H27F9N2O4. The van der Waals surface area contributed by atoms with Gasteiger partial charge in [0.2, 0.25) is 0 Å². The van der Waals surface area contributed by atoms with Crippen LogP contribution in [0.3, 0.4) is 0 Å². The summed E-state index contributed by atoms with van der Waals surface area (Å²) in [5.74, 6) is -0.199. The summed E-state index contributed by atoms with van der Waals surface area (Å²) in [6, 6.07) is 1.39. The molecule has 15 heteroatoms. The average molecular weight is 627 g/mol. The smallest absolute Gasteiger partial charge is 0.416 e. The van der Waals surface area contributed by atoms with Crippen LogP contribution in [0.25, 0.3) is 0 Å². The fourth-order valence-corrected chi connectivity index (χ4v) is 5.25. The van der Waals surface area contributed by atoms with Gasteiger partial charge in [-0.1, -0.05) is 6.07 Å². The van der Waals surface area contributed by atoms with E-state index in [0.717, 1.165) is 35.1 Å². The van der Waals surface area contributed by atoms with E-state index in [-0.39, 0.29) is 29.7 Å². The number of benzene rings is 2. The van der Waals surface area contributed by atoms with Crippen LogP contribution in [-0.4, -0.2) is 36.3 Å². The minimum absolute atomic E-state index is 0.0130. The van der Waals surface area contributed by atoms with Crippen LogP contribution < -0.4 is 4.90 Å². The monoisotopic (exact) mass is 626 g/mol. The van der Waals surface area contributed by atoms with Crippen molar-refractivity contribution in [1.29, 1.82) is 0 Å². The highest BCUT2D eigenvalue weighted by Gasteiger charge is 2.48. The maximum atomic E-state index is 13.8. The third kappa shape index (κ3) is 7.12. The van der Waals surface area contributed by atoms with Crippen molar-refractivity contribution in [3.05, 3.63) is 64.2 Å². The van der Waals surface area contributed by atoms with Crippen molar-refractivity contribution in [2.24, 2.45) is 5.92 Å². The predicted octanol–water partition coefficient (Wildman–Crippen LogP) is 8.59. The molecule has 1 heterocycles. The Hall–Kier alpha value is -3.65. The van der Waals surface area contributed by atoms with Gasteiger partial charge in [0.15, 0.2) is 0 Å². The van der Waals surface area contributed by atoms with Crippen LogP contribution in [0.2, 0.25) is 0 Å². The molecule has 6 nitrogen and oxygen atoms in total. The molecule has 2 aliphatic rings. The van der Waals surface area contributed by atoms with Crippen molar-refractivity contribution in [1.82, 2.24) is 4.90 Å². The number of nitrogens with zero attached hydrogens (tertiary/aromatic N) is 2. The van der Waals surface area contributed by atoms with Gasteiger partial charge in [0, 0.05) is 12.6 Å². The van der Waals surface area contributed by atoms with Crippen LogP contribution in [-0.2, 0) is 34.5 Å². The zero-order chi connectivity index (χ0) is 32.1. The summed E-state index contributed by atoms with van der Waals surface area (Å²) in [7, 11) is 0.948.